The van der Waals surface area contributed by atoms with Crippen molar-refractivity contribution in [3.8, 4) is 0 Å². The van der Waals surface area contributed by atoms with E-state index >= 15 is 0 Å². The molecule has 24 heavy (non-hydrogen) atoms. The molecular weight excluding hydrogens is 347 g/mol. The van der Waals surface area contributed by atoms with Crippen LogP contribution in [0, 0.1) is 0 Å². The molecule has 0 saturated heterocycles. The molecule has 0 aliphatic rings. The zero-order valence-electron chi connectivity index (χ0n) is 14.5. The van der Waals surface area contributed by atoms with E-state index in [1.54, 1.807) is 30.3 Å². The summed E-state index contributed by atoms with van der Waals surface area (Å²) in [4.78, 5) is 0.239. The summed E-state index contributed by atoms with van der Waals surface area (Å²) in [6, 6.07) is 8.34. The van der Waals surface area contributed by atoms with E-state index in [1.807, 2.05) is 0 Å². The molecule has 0 amide bonds. The van der Waals surface area contributed by atoms with E-state index in [2.05, 4.69) is 6.92 Å². The molecule has 3 nitrogen and oxygen atoms in total. The average Bonchev–Trinajstić information content (AvgIpc) is 2.56. The van der Waals surface area contributed by atoms with Gasteiger partial charge in [0.2, 0.25) is 0 Å². The molecule has 0 saturated carbocycles. The van der Waals surface area contributed by atoms with E-state index in [4.69, 9.17) is 4.18 Å². The van der Waals surface area contributed by atoms with Crippen LogP contribution in [0.15, 0.2) is 35.2 Å². The maximum absolute atomic E-state index is 11.9. The number of hydrogen-bond donors (Lipinski definition) is 0. The molecule has 0 aliphatic heterocycles. The van der Waals surface area contributed by atoms with Crippen molar-refractivity contribution < 1.29 is 12.6 Å². The van der Waals surface area contributed by atoms with Crippen LogP contribution in [0.2, 0.25) is 0 Å². The van der Waals surface area contributed by atoms with Crippen LogP contribution in [0.25, 0.3) is 0 Å². The van der Waals surface area contributed by atoms with Gasteiger partial charge in [0.1, 0.15) is 0 Å². The van der Waals surface area contributed by atoms with Gasteiger partial charge in [-0.25, -0.2) is 0 Å². The normalized spacial score (nSPS) is 11.2. The van der Waals surface area contributed by atoms with Crippen LogP contribution in [-0.2, 0) is 14.3 Å². The second-order valence-corrected chi connectivity index (χ2v) is 7.74. The number of benzene rings is 1. The summed E-state index contributed by atoms with van der Waals surface area (Å²) in [6.45, 7) is 2.53. The first kappa shape index (κ1) is 24.8. The Hall–Kier alpha value is 0.766. The minimum atomic E-state index is -3.57. The molecule has 1 aromatic rings. The number of hydrogen-bond acceptors (Lipinski definition) is 3. The Morgan fingerprint density at radius 3 is 1.71 bits per heavy atom. The van der Waals surface area contributed by atoms with Crippen LogP contribution in [-0.4, -0.2) is 66.4 Å². The summed E-state index contributed by atoms with van der Waals surface area (Å²) >= 11 is 0. The zero-order chi connectivity index (χ0) is 16.8. The molecule has 0 fully saturated rings. The van der Waals surface area contributed by atoms with Crippen LogP contribution >= 0.6 is 0 Å². The van der Waals surface area contributed by atoms with Crippen LogP contribution < -0.4 is 0 Å². The molecule has 0 unspecified atom stereocenters. The van der Waals surface area contributed by atoms with Crippen LogP contribution in [0.1, 0.15) is 77.6 Å². The predicted molar refractivity (Wildman–Crippen MR) is 103 cm³/mol. The summed E-state index contributed by atoms with van der Waals surface area (Å²) < 4.78 is 28.9. The van der Waals surface area contributed by atoms with Gasteiger partial charge in [-0.3, -0.25) is 4.18 Å². The Labute approximate surface area is 191 Å². The monoisotopic (exact) mass is 380 g/mol. The summed E-state index contributed by atoms with van der Waals surface area (Å²) in [7, 11) is -3.57. The first-order valence-corrected chi connectivity index (χ1v) is 10.5. The van der Waals surface area contributed by atoms with E-state index in [0.29, 0.717) is 0 Å². The Morgan fingerprint density at radius 2 is 1.21 bits per heavy atom. The SMILES string of the molecule is CCCCCCCCCCCCCOS(=O)(=O)c1ccccc1.[KH]. The van der Waals surface area contributed by atoms with Crippen LogP contribution in [0.3, 0.4) is 0 Å². The maximum atomic E-state index is 11.9. The first-order chi connectivity index (χ1) is 11.2. The topological polar surface area (TPSA) is 43.4 Å². The third kappa shape index (κ3) is 12.2. The van der Waals surface area contributed by atoms with Gasteiger partial charge < -0.3 is 0 Å². The molecule has 0 radical (unpaired) electrons. The van der Waals surface area contributed by atoms with Gasteiger partial charge in [0, 0.05) is 0 Å². The molecule has 5 heteroatoms. The molecule has 134 valence electrons. The molecule has 0 aromatic heterocycles. The van der Waals surface area contributed by atoms with Gasteiger partial charge in [-0.1, -0.05) is 89.3 Å². The summed E-state index contributed by atoms with van der Waals surface area (Å²) in [6.07, 6.45) is 13.7. The molecule has 0 heterocycles. The van der Waals surface area contributed by atoms with Gasteiger partial charge in [-0.15, -0.1) is 0 Å². The third-order valence-electron chi connectivity index (χ3n) is 4.02. The van der Waals surface area contributed by atoms with E-state index in [9.17, 15) is 8.42 Å². The van der Waals surface area contributed by atoms with Crippen molar-refractivity contribution in [2.24, 2.45) is 0 Å². The molecule has 1 aromatic carbocycles. The average molecular weight is 381 g/mol. The summed E-state index contributed by atoms with van der Waals surface area (Å²) in [5.74, 6) is 0. The van der Waals surface area contributed by atoms with E-state index in [-0.39, 0.29) is 62.9 Å². The number of unbranched alkanes of at least 4 members (excludes halogenated alkanes) is 10. The van der Waals surface area contributed by atoms with Gasteiger partial charge in [-0.2, -0.15) is 8.42 Å². The van der Waals surface area contributed by atoms with Gasteiger partial charge in [0.15, 0.2) is 0 Å². The van der Waals surface area contributed by atoms with Crippen molar-refractivity contribution in [1.29, 1.82) is 0 Å². The Balaban J connectivity index is 0.00000529. The van der Waals surface area contributed by atoms with Crippen molar-refractivity contribution >= 4 is 61.5 Å². The predicted octanol–water partition coefficient (Wildman–Crippen LogP) is 5.05. The van der Waals surface area contributed by atoms with E-state index < -0.39 is 10.1 Å². The van der Waals surface area contributed by atoms with Crippen molar-refractivity contribution in [3.05, 3.63) is 30.3 Å². The Kier molecular flexibility index (Phi) is 16.5. The van der Waals surface area contributed by atoms with Crippen molar-refractivity contribution in [2.45, 2.75) is 82.4 Å². The van der Waals surface area contributed by atoms with Gasteiger partial charge in [-0.05, 0) is 18.6 Å². The Bertz CT molecular complexity index is 489. The van der Waals surface area contributed by atoms with E-state index in [0.717, 1.165) is 12.8 Å². The van der Waals surface area contributed by atoms with Gasteiger partial charge in [0.05, 0.1) is 11.5 Å². The fourth-order valence-corrected chi connectivity index (χ4v) is 3.55. The molecular formula is C19H33KO3S. The second-order valence-electron chi connectivity index (χ2n) is 6.12. The molecule has 1 rings (SSSR count). The fourth-order valence-electron chi connectivity index (χ4n) is 2.59. The minimum absolute atomic E-state index is 0. The molecule has 0 spiro atoms. The van der Waals surface area contributed by atoms with Gasteiger partial charge >= 0.3 is 51.4 Å². The van der Waals surface area contributed by atoms with Crippen molar-refractivity contribution in [2.75, 3.05) is 6.61 Å². The summed E-state index contributed by atoms with van der Waals surface area (Å²) in [5.41, 5.74) is 0. The standard InChI is InChI=1S/C19H32O3S.K.H/c1-2-3-4-5-6-7-8-9-10-11-15-18-22-23(20,21)19-16-13-12-14-17-19;;/h12-14,16-17H,2-11,15,18H2,1H3;;. The van der Waals surface area contributed by atoms with Crippen LogP contribution in [0.5, 0.6) is 0 Å². The van der Waals surface area contributed by atoms with Gasteiger partial charge in [0.25, 0.3) is 10.1 Å². The third-order valence-corrected chi connectivity index (χ3v) is 5.34. The Morgan fingerprint density at radius 1 is 0.750 bits per heavy atom. The number of rotatable bonds is 14. The first-order valence-electron chi connectivity index (χ1n) is 9.11. The van der Waals surface area contributed by atoms with Crippen molar-refractivity contribution in [3.63, 3.8) is 0 Å². The second kappa shape index (κ2) is 16.0. The molecule has 0 N–H and O–H groups in total. The quantitative estimate of drug-likeness (QED) is 0.257. The van der Waals surface area contributed by atoms with Crippen molar-refractivity contribution in [1.82, 2.24) is 0 Å². The summed E-state index contributed by atoms with van der Waals surface area (Å²) in [5, 5.41) is 0. The van der Waals surface area contributed by atoms with E-state index in [1.165, 1.54) is 57.8 Å². The van der Waals surface area contributed by atoms with Crippen LogP contribution in [0.4, 0.5) is 0 Å². The molecule has 0 bridgehead atoms. The zero-order valence-corrected chi connectivity index (χ0v) is 15.3. The molecule has 0 atom stereocenters. The fraction of sp³-hybridized carbons (Fsp3) is 0.684. The molecule has 0 aliphatic carbocycles.